The molecule has 0 spiro atoms. The summed E-state index contributed by atoms with van der Waals surface area (Å²) in [5.74, 6) is 0. The standard InChI is InChI=1S/C13H12F3N3/c1-8-5-9(7-18-6-8)10-3-4-11(17-2)12(19-10)13(14,15)16/h3-7,17H,1-2H3. The summed E-state index contributed by atoms with van der Waals surface area (Å²) in [6.07, 6.45) is -1.36. The van der Waals surface area contributed by atoms with Crippen molar-refractivity contribution in [2.45, 2.75) is 13.1 Å². The van der Waals surface area contributed by atoms with Crippen molar-refractivity contribution in [1.82, 2.24) is 9.97 Å². The van der Waals surface area contributed by atoms with Crippen molar-refractivity contribution in [1.29, 1.82) is 0 Å². The van der Waals surface area contributed by atoms with Gasteiger partial charge < -0.3 is 5.32 Å². The molecule has 0 aliphatic heterocycles. The van der Waals surface area contributed by atoms with Gasteiger partial charge in [-0.2, -0.15) is 13.2 Å². The molecule has 3 nitrogen and oxygen atoms in total. The highest BCUT2D eigenvalue weighted by molar-refractivity contribution is 5.63. The molecule has 2 heterocycles. The highest BCUT2D eigenvalue weighted by atomic mass is 19.4. The molecule has 1 N–H and O–H groups in total. The number of aromatic nitrogens is 2. The van der Waals surface area contributed by atoms with Gasteiger partial charge in [-0.1, -0.05) is 0 Å². The van der Waals surface area contributed by atoms with Crippen LogP contribution in [0.2, 0.25) is 0 Å². The van der Waals surface area contributed by atoms with E-state index in [9.17, 15) is 13.2 Å². The Hall–Kier alpha value is -2.11. The molecule has 0 aliphatic rings. The van der Waals surface area contributed by atoms with Crippen LogP contribution in [0.1, 0.15) is 11.3 Å². The van der Waals surface area contributed by atoms with E-state index in [4.69, 9.17) is 0 Å². The third kappa shape index (κ3) is 2.83. The number of halogens is 3. The van der Waals surface area contributed by atoms with Gasteiger partial charge in [0.05, 0.1) is 11.4 Å². The molecular weight excluding hydrogens is 255 g/mol. The molecule has 19 heavy (non-hydrogen) atoms. The Morgan fingerprint density at radius 3 is 2.47 bits per heavy atom. The van der Waals surface area contributed by atoms with Crippen LogP contribution in [-0.2, 0) is 6.18 Å². The lowest BCUT2D eigenvalue weighted by Gasteiger charge is -2.13. The normalized spacial score (nSPS) is 11.4. The summed E-state index contributed by atoms with van der Waals surface area (Å²) in [6.45, 7) is 1.82. The van der Waals surface area contributed by atoms with Gasteiger partial charge in [0, 0.05) is 25.0 Å². The molecule has 0 radical (unpaired) electrons. The van der Waals surface area contributed by atoms with Crippen LogP contribution in [-0.4, -0.2) is 17.0 Å². The summed E-state index contributed by atoms with van der Waals surface area (Å²) in [4.78, 5) is 7.66. The maximum Gasteiger partial charge on any atom is 0.435 e. The summed E-state index contributed by atoms with van der Waals surface area (Å²) < 4.78 is 38.7. The molecule has 2 aromatic heterocycles. The number of aryl methyl sites for hydroxylation is 1. The van der Waals surface area contributed by atoms with E-state index >= 15 is 0 Å². The molecule has 0 amide bonds. The third-order valence-electron chi connectivity index (χ3n) is 2.60. The van der Waals surface area contributed by atoms with Gasteiger partial charge in [0.15, 0.2) is 5.69 Å². The van der Waals surface area contributed by atoms with Gasteiger partial charge in [-0.05, 0) is 30.7 Å². The van der Waals surface area contributed by atoms with E-state index in [1.165, 1.54) is 25.4 Å². The Labute approximate surface area is 108 Å². The van der Waals surface area contributed by atoms with Gasteiger partial charge >= 0.3 is 6.18 Å². The second-order valence-corrected chi connectivity index (χ2v) is 4.09. The Morgan fingerprint density at radius 2 is 1.89 bits per heavy atom. The Morgan fingerprint density at radius 1 is 1.16 bits per heavy atom. The average molecular weight is 267 g/mol. The summed E-state index contributed by atoms with van der Waals surface area (Å²) >= 11 is 0. The van der Waals surface area contributed by atoms with E-state index in [-0.39, 0.29) is 11.4 Å². The first-order valence-corrected chi connectivity index (χ1v) is 5.60. The number of pyridine rings is 2. The first-order valence-electron chi connectivity index (χ1n) is 5.60. The van der Waals surface area contributed by atoms with Gasteiger partial charge in [0.2, 0.25) is 0 Å². The van der Waals surface area contributed by atoms with Gasteiger partial charge in [-0.3, -0.25) is 4.98 Å². The zero-order valence-electron chi connectivity index (χ0n) is 10.4. The maximum atomic E-state index is 12.9. The van der Waals surface area contributed by atoms with Crippen molar-refractivity contribution in [3.63, 3.8) is 0 Å². The van der Waals surface area contributed by atoms with Crippen LogP contribution in [0.15, 0.2) is 30.6 Å². The molecule has 0 aliphatic carbocycles. The first-order chi connectivity index (χ1) is 8.91. The van der Waals surface area contributed by atoms with Crippen LogP contribution in [0.5, 0.6) is 0 Å². The van der Waals surface area contributed by atoms with Gasteiger partial charge in [-0.25, -0.2) is 4.98 Å². The fraction of sp³-hybridized carbons (Fsp3) is 0.231. The zero-order chi connectivity index (χ0) is 14.0. The van der Waals surface area contributed by atoms with Crippen molar-refractivity contribution in [2.75, 3.05) is 12.4 Å². The smallest absolute Gasteiger partial charge is 0.386 e. The first kappa shape index (κ1) is 13.3. The molecule has 0 bridgehead atoms. The van der Waals surface area contributed by atoms with Crippen LogP contribution in [0, 0.1) is 6.92 Å². The second-order valence-electron chi connectivity index (χ2n) is 4.09. The summed E-state index contributed by atoms with van der Waals surface area (Å²) in [6, 6.07) is 4.65. The van der Waals surface area contributed by atoms with E-state index in [0.717, 1.165) is 5.56 Å². The maximum absolute atomic E-state index is 12.9. The summed E-state index contributed by atoms with van der Waals surface area (Å²) in [5.41, 5.74) is 0.715. The van der Waals surface area contributed by atoms with Crippen LogP contribution in [0.3, 0.4) is 0 Å². The van der Waals surface area contributed by atoms with Gasteiger partial charge in [0.25, 0.3) is 0 Å². The van der Waals surface area contributed by atoms with E-state index in [1.807, 2.05) is 6.92 Å². The topological polar surface area (TPSA) is 37.8 Å². The number of alkyl halides is 3. The number of anilines is 1. The number of hydrogen-bond acceptors (Lipinski definition) is 3. The predicted octanol–water partition coefficient (Wildman–Crippen LogP) is 3.51. The fourth-order valence-corrected chi connectivity index (χ4v) is 1.73. The SMILES string of the molecule is CNc1ccc(-c2cncc(C)c2)nc1C(F)(F)F. The number of nitrogens with one attached hydrogen (secondary N) is 1. The van der Waals surface area contributed by atoms with E-state index in [1.54, 1.807) is 12.3 Å². The largest absolute Gasteiger partial charge is 0.435 e. The molecule has 0 unspecified atom stereocenters. The minimum absolute atomic E-state index is 0.0446. The fourth-order valence-electron chi connectivity index (χ4n) is 1.73. The Balaban J connectivity index is 2.55. The lowest BCUT2D eigenvalue weighted by Crippen LogP contribution is -2.12. The van der Waals surface area contributed by atoms with Gasteiger partial charge in [0.1, 0.15) is 0 Å². The molecule has 100 valence electrons. The van der Waals surface area contributed by atoms with Crippen molar-refractivity contribution >= 4 is 5.69 Å². The molecule has 0 saturated heterocycles. The van der Waals surface area contributed by atoms with Crippen LogP contribution in [0.4, 0.5) is 18.9 Å². The van der Waals surface area contributed by atoms with Crippen molar-refractivity contribution < 1.29 is 13.2 Å². The monoisotopic (exact) mass is 267 g/mol. The molecule has 0 aromatic carbocycles. The van der Waals surface area contributed by atoms with Crippen molar-refractivity contribution in [3.05, 3.63) is 41.9 Å². The zero-order valence-corrected chi connectivity index (χ0v) is 10.4. The quantitative estimate of drug-likeness (QED) is 0.904. The molecule has 6 heteroatoms. The molecule has 0 atom stereocenters. The highest BCUT2D eigenvalue weighted by Gasteiger charge is 2.35. The van der Waals surface area contributed by atoms with Crippen molar-refractivity contribution in [2.24, 2.45) is 0 Å². The minimum atomic E-state index is -4.49. The molecule has 0 saturated carbocycles. The lowest BCUT2D eigenvalue weighted by atomic mass is 10.1. The predicted molar refractivity (Wildman–Crippen MR) is 66.8 cm³/mol. The third-order valence-corrected chi connectivity index (χ3v) is 2.60. The van der Waals surface area contributed by atoms with E-state index in [2.05, 4.69) is 15.3 Å². The lowest BCUT2D eigenvalue weighted by molar-refractivity contribution is -0.140. The highest BCUT2D eigenvalue weighted by Crippen LogP contribution is 2.34. The van der Waals surface area contributed by atoms with Crippen molar-refractivity contribution in [3.8, 4) is 11.3 Å². The summed E-state index contributed by atoms with van der Waals surface area (Å²) in [7, 11) is 1.43. The van der Waals surface area contributed by atoms with Gasteiger partial charge in [-0.15, -0.1) is 0 Å². The van der Waals surface area contributed by atoms with Crippen LogP contribution < -0.4 is 5.32 Å². The van der Waals surface area contributed by atoms with Crippen LogP contribution in [0.25, 0.3) is 11.3 Å². The number of rotatable bonds is 2. The minimum Gasteiger partial charge on any atom is -0.386 e. The Kier molecular flexibility index (Phi) is 3.42. The number of nitrogens with zero attached hydrogens (tertiary/aromatic N) is 2. The van der Waals surface area contributed by atoms with E-state index < -0.39 is 11.9 Å². The Bertz CT molecular complexity index is 594. The second kappa shape index (κ2) is 4.87. The summed E-state index contributed by atoms with van der Waals surface area (Å²) in [5, 5.41) is 2.49. The molecule has 2 aromatic rings. The average Bonchev–Trinajstić information content (AvgIpc) is 2.37. The molecule has 0 fully saturated rings. The molecular formula is C13H12F3N3. The number of hydrogen-bond donors (Lipinski definition) is 1. The molecule has 2 rings (SSSR count). The van der Waals surface area contributed by atoms with Crippen LogP contribution >= 0.6 is 0 Å². The van der Waals surface area contributed by atoms with E-state index in [0.29, 0.717) is 5.56 Å².